The lowest BCUT2D eigenvalue weighted by Gasteiger charge is -2.09. The number of hydrogen-bond donors (Lipinski definition) is 2. The summed E-state index contributed by atoms with van der Waals surface area (Å²) in [6.45, 7) is 4.83. The molecule has 0 aliphatic heterocycles. The highest BCUT2D eigenvalue weighted by Crippen LogP contribution is 2.14. The van der Waals surface area contributed by atoms with Gasteiger partial charge in [0.1, 0.15) is 5.75 Å². The smallest absolute Gasteiger partial charge is 0.240 e. The SMILES string of the molecule is Cc1ccc(S(=O)(=O)NCCC(=O)NCCCOc2ccccc2)cc1C. The first-order valence-corrected chi connectivity index (χ1v) is 10.4. The van der Waals surface area contributed by atoms with Gasteiger partial charge in [0, 0.05) is 19.5 Å². The topological polar surface area (TPSA) is 84.5 Å². The fraction of sp³-hybridized carbons (Fsp3) is 0.350. The van der Waals surface area contributed by atoms with Gasteiger partial charge in [0.15, 0.2) is 0 Å². The number of nitrogens with one attached hydrogen (secondary N) is 2. The second-order valence-corrected chi connectivity index (χ2v) is 8.03. The predicted molar refractivity (Wildman–Crippen MR) is 105 cm³/mol. The van der Waals surface area contributed by atoms with Gasteiger partial charge in [0.25, 0.3) is 0 Å². The summed E-state index contributed by atoms with van der Waals surface area (Å²) in [5, 5.41) is 2.76. The fourth-order valence-corrected chi connectivity index (χ4v) is 3.48. The second-order valence-electron chi connectivity index (χ2n) is 6.26. The van der Waals surface area contributed by atoms with E-state index in [4.69, 9.17) is 4.74 Å². The van der Waals surface area contributed by atoms with Crippen LogP contribution in [-0.4, -0.2) is 34.0 Å². The molecule has 0 radical (unpaired) electrons. The van der Waals surface area contributed by atoms with Crippen LogP contribution in [0.2, 0.25) is 0 Å². The molecule has 2 rings (SSSR count). The molecule has 0 bridgehead atoms. The largest absolute Gasteiger partial charge is 0.494 e. The van der Waals surface area contributed by atoms with Crippen molar-refractivity contribution < 1.29 is 17.9 Å². The van der Waals surface area contributed by atoms with Gasteiger partial charge in [-0.1, -0.05) is 24.3 Å². The number of carbonyl (C=O) groups is 1. The third-order valence-electron chi connectivity index (χ3n) is 4.09. The lowest BCUT2D eigenvalue weighted by Crippen LogP contribution is -2.31. The molecular weight excluding hydrogens is 364 g/mol. The van der Waals surface area contributed by atoms with E-state index in [1.54, 1.807) is 18.2 Å². The quantitative estimate of drug-likeness (QED) is 0.611. The van der Waals surface area contributed by atoms with Crippen molar-refractivity contribution in [1.82, 2.24) is 10.0 Å². The molecule has 0 unspecified atom stereocenters. The van der Waals surface area contributed by atoms with E-state index in [1.807, 2.05) is 44.2 Å². The minimum atomic E-state index is -3.60. The number of benzene rings is 2. The van der Waals surface area contributed by atoms with Gasteiger partial charge in [-0.3, -0.25) is 4.79 Å². The molecule has 0 fully saturated rings. The van der Waals surface area contributed by atoms with Crippen LogP contribution < -0.4 is 14.8 Å². The van der Waals surface area contributed by atoms with Crippen LogP contribution in [0.25, 0.3) is 0 Å². The normalized spacial score (nSPS) is 11.2. The van der Waals surface area contributed by atoms with Crippen molar-refractivity contribution >= 4 is 15.9 Å². The maximum atomic E-state index is 12.3. The summed E-state index contributed by atoms with van der Waals surface area (Å²) in [5.74, 6) is 0.599. The molecule has 7 heteroatoms. The van der Waals surface area contributed by atoms with Gasteiger partial charge in [-0.15, -0.1) is 0 Å². The van der Waals surface area contributed by atoms with E-state index in [1.165, 1.54) is 0 Å². The average Bonchev–Trinajstić information content (AvgIpc) is 2.64. The molecule has 0 saturated heterocycles. The van der Waals surface area contributed by atoms with Crippen LogP contribution in [0.1, 0.15) is 24.0 Å². The molecular formula is C20H26N2O4S. The van der Waals surface area contributed by atoms with Gasteiger partial charge in [-0.05, 0) is 55.7 Å². The molecule has 0 spiro atoms. The minimum absolute atomic E-state index is 0.0571. The molecule has 27 heavy (non-hydrogen) atoms. The highest BCUT2D eigenvalue weighted by atomic mass is 32.2. The van der Waals surface area contributed by atoms with E-state index in [0.717, 1.165) is 16.9 Å². The Morgan fingerprint density at radius 3 is 2.44 bits per heavy atom. The van der Waals surface area contributed by atoms with E-state index in [-0.39, 0.29) is 23.8 Å². The van der Waals surface area contributed by atoms with Crippen LogP contribution >= 0.6 is 0 Å². The Bertz CT molecular complexity index is 852. The molecule has 0 heterocycles. The summed E-state index contributed by atoms with van der Waals surface area (Å²) in [5.41, 5.74) is 1.94. The number of para-hydroxylation sites is 1. The molecule has 146 valence electrons. The Hall–Kier alpha value is -2.38. The van der Waals surface area contributed by atoms with Gasteiger partial charge in [-0.25, -0.2) is 13.1 Å². The molecule has 2 aromatic carbocycles. The number of amides is 1. The van der Waals surface area contributed by atoms with Crippen molar-refractivity contribution in [2.24, 2.45) is 0 Å². The Labute approximate surface area is 161 Å². The van der Waals surface area contributed by atoms with Crippen LogP contribution in [0.5, 0.6) is 5.75 Å². The van der Waals surface area contributed by atoms with Crippen LogP contribution in [0.4, 0.5) is 0 Å². The van der Waals surface area contributed by atoms with Crippen molar-refractivity contribution in [3.05, 3.63) is 59.7 Å². The molecule has 6 nitrogen and oxygen atoms in total. The minimum Gasteiger partial charge on any atom is -0.494 e. The zero-order valence-electron chi connectivity index (χ0n) is 15.7. The number of hydrogen-bond acceptors (Lipinski definition) is 4. The monoisotopic (exact) mass is 390 g/mol. The van der Waals surface area contributed by atoms with Gasteiger partial charge >= 0.3 is 0 Å². The van der Waals surface area contributed by atoms with Crippen molar-refractivity contribution in [2.45, 2.75) is 31.6 Å². The van der Waals surface area contributed by atoms with E-state index in [2.05, 4.69) is 10.0 Å². The zero-order chi connectivity index (χ0) is 19.7. The first-order chi connectivity index (χ1) is 12.9. The summed E-state index contributed by atoms with van der Waals surface area (Å²) < 4.78 is 32.5. The molecule has 0 aromatic heterocycles. The highest BCUT2D eigenvalue weighted by Gasteiger charge is 2.14. The standard InChI is InChI=1S/C20H26N2O4S/c1-16-9-10-19(15-17(16)2)27(24,25)22-13-11-20(23)21-12-6-14-26-18-7-4-3-5-8-18/h3-5,7-10,15,22H,6,11-14H2,1-2H3,(H,21,23). The Morgan fingerprint density at radius 1 is 1.00 bits per heavy atom. The fourth-order valence-electron chi connectivity index (χ4n) is 2.36. The molecule has 0 aliphatic rings. The van der Waals surface area contributed by atoms with Crippen molar-refractivity contribution in [2.75, 3.05) is 19.7 Å². The summed E-state index contributed by atoms with van der Waals surface area (Å²) in [7, 11) is -3.60. The van der Waals surface area contributed by atoms with Crippen LogP contribution in [0, 0.1) is 13.8 Å². The molecule has 0 atom stereocenters. The van der Waals surface area contributed by atoms with Crippen molar-refractivity contribution in [3.63, 3.8) is 0 Å². The lowest BCUT2D eigenvalue weighted by atomic mass is 10.1. The third-order valence-corrected chi connectivity index (χ3v) is 5.55. The number of sulfonamides is 1. The zero-order valence-corrected chi connectivity index (χ0v) is 16.5. The first-order valence-electron chi connectivity index (χ1n) is 8.90. The molecule has 0 saturated carbocycles. The van der Waals surface area contributed by atoms with Crippen molar-refractivity contribution in [3.8, 4) is 5.75 Å². The maximum Gasteiger partial charge on any atom is 0.240 e. The average molecular weight is 391 g/mol. The maximum absolute atomic E-state index is 12.3. The molecule has 0 aliphatic carbocycles. The first kappa shape index (κ1) is 20.9. The van der Waals surface area contributed by atoms with E-state index < -0.39 is 10.0 Å². The van der Waals surface area contributed by atoms with Gasteiger partial charge in [0.05, 0.1) is 11.5 Å². The molecule has 2 N–H and O–H groups in total. The number of rotatable bonds is 10. The second kappa shape index (κ2) is 10.1. The number of ether oxygens (including phenoxy) is 1. The number of aryl methyl sites for hydroxylation is 2. The highest BCUT2D eigenvalue weighted by molar-refractivity contribution is 7.89. The molecule has 2 aromatic rings. The van der Waals surface area contributed by atoms with E-state index >= 15 is 0 Å². The lowest BCUT2D eigenvalue weighted by molar-refractivity contribution is -0.120. The molecule has 1 amide bonds. The van der Waals surface area contributed by atoms with Crippen LogP contribution in [0.3, 0.4) is 0 Å². The Morgan fingerprint density at radius 2 is 1.74 bits per heavy atom. The summed E-state index contributed by atoms with van der Waals surface area (Å²) in [6, 6.07) is 14.4. The number of carbonyl (C=O) groups excluding carboxylic acids is 1. The Balaban J connectivity index is 1.64. The van der Waals surface area contributed by atoms with Gasteiger partial charge in [-0.2, -0.15) is 0 Å². The predicted octanol–water partition coefficient (Wildman–Crippen LogP) is 2.56. The van der Waals surface area contributed by atoms with E-state index in [9.17, 15) is 13.2 Å². The van der Waals surface area contributed by atoms with Crippen molar-refractivity contribution in [1.29, 1.82) is 0 Å². The summed E-state index contributed by atoms with van der Waals surface area (Å²) in [4.78, 5) is 12.0. The summed E-state index contributed by atoms with van der Waals surface area (Å²) in [6.07, 6.45) is 0.763. The van der Waals surface area contributed by atoms with E-state index in [0.29, 0.717) is 19.6 Å². The van der Waals surface area contributed by atoms with Crippen LogP contribution in [-0.2, 0) is 14.8 Å². The van der Waals surface area contributed by atoms with Gasteiger partial charge < -0.3 is 10.1 Å². The third kappa shape index (κ3) is 7.03. The Kier molecular flexibility index (Phi) is 7.82. The van der Waals surface area contributed by atoms with Gasteiger partial charge in [0.2, 0.25) is 15.9 Å². The van der Waals surface area contributed by atoms with Crippen LogP contribution in [0.15, 0.2) is 53.4 Å². The summed E-state index contributed by atoms with van der Waals surface area (Å²) >= 11 is 0.